The Morgan fingerprint density at radius 3 is 1.44 bits per heavy atom. The number of ether oxygens (including phenoxy) is 2. The second kappa shape index (κ2) is 13.8. The molecular formula is C26H28N6O4. The standard InChI is InChI=1S/C26H28N6O4/c1-35-23-9-5-3-7-21(23)27-17-25(33)31-29-15-19-11-13-20(14-12-19)16-30-32-26(34)18-28-22-8-4-6-10-24(22)36-2/h3-16,27-28H,17-18H2,1-2H3,(H,31,33)(H,32,34). The van der Waals surface area contributed by atoms with Crippen molar-refractivity contribution in [3.8, 4) is 11.5 Å². The maximum absolute atomic E-state index is 12.0. The van der Waals surface area contributed by atoms with E-state index in [2.05, 4.69) is 31.7 Å². The van der Waals surface area contributed by atoms with Gasteiger partial charge in [0, 0.05) is 0 Å². The Kier molecular flexibility index (Phi) is 9.84. The van der Waals surface area contributed by atoms with Crippen molar-refractivity contribution in [1.29, 1.82) is 0 Å². The molecule has 0 aliphatic carbocycles. The van der Waals surface area contributed by atoms with Crippen LogP contribution < -0.4 is 31.0 Å². The van der Waals surface area contributed by atoms with Gasteiger partial charge < -0.3 is 20.1 Å². The van der Waals surface area contributed by atoms with Crippen molar-refractivity contribution in [1.82, 2.24) is 10.9 Å². The van der Waals surface area contributed by atoms with E-state index in [1.54, 1.807) is 14.2 Å². The minimum Gasteiger partial charge on any atom is -0.495 e. The lowest BCUT2D eigenvalue weighted by atomic mass is 10.2. The molecule has 0 spiro atoms. The van der Waals surface area contributed by atoms with Crippen molar-refractivity contribution >= 4 is 35.6 Å². The molecule has 0 aliphatic heterocycles. The fraction of sp³-hybridized carbons (Fsp3) is 0.154. The summed E-state index contributed by atoms with van der Waals surface area (Å²) < 4.78 is 10.5. The van der Waals surface area contributed by atoms with Crippen LogP contribution in [0.5, 0.6) is 11.5 Å². The number of nitrogens with one attached hydrogen (secondary N) is 4. The van der Waals surface area contributed by atoms with Crippen molar-refractivity contribution < 1.29 is 19.1 Å². The van der Waals surface area contributed by atoms with E-state index in [0.717, 1.165) is 22.5 Å². The SMILES string of the molecule is COc1ccccc1NCC(=O)NN=Cc1ccc(C=NNC(=O)CNc2ccccc2OC)cc1. The van der Waals surface area contributed by atoms with Gasteiger partial charge >= 0.3 is 0 Å². The summed E-state index contributed by atoms with van der Waals surface area (Å²) in [5.74, 6) is 0.719. The smallest absolute Gasteiger partial charge is 0.259 e. The maximum atomic E-state index is 12.0. The molecule has 0 atom stereocenters. The highest BCUT2D eigenvalue weighted by Crippen LogP contribution is 2.23. The monoisotopic (exact) mass is 488 g/mol. The van der Waals surface area contributed by atoms with Gasteiger partial charge in [-0.15, -0.1) is 0 Å². The first-order valence-electron chi connectivity index (χ1n) is 11.1. The molecule has 3 rings (SSSR count). The number of para-hydroxylation sites is 4. The molecule has 2 amide bonds. The Labute approximate surface area is 209 Å². The van der Waals surface area contributed by atoms with Crippen LogP contribution in [-0.4, -0.2) is 51.6 Å². The summed E-state index contributed by atoms with van der Waals surface area (Å²) in [6.07, 6.45) is 3.07. The van der Waals surface area contributed by atoms with Gasteiger partial charge in [-0.05, 0) is 35.4 Å². The van der Waals surface area contributed by atoms with E-state index in [0.29, 0.717) is 11.5 Å². The number of anilines is 2. The van der Waals surface area contributed by atoms with Gasteiger partial charge in [-0.2, -0.15) is 10.2 Å². The number of hydrogen-bond acceptors (Lipinski definition) is 8. The summed E-state index contributed by atoms with van der Waals surface area (Å²) in [6, 6.07) is 21.9. The van der Waals surface area contributed by atoms with Crippen LogP contribution in [0, 0.1) is 0 Å². The van der Waals surface area contributed by atoms with E-state index in [-0.39, 0.29) is 24.9 Å². The second-order valence-electron chi connectivity index (χ2n) is 7.36. The third kappa shape index (κ3) is 8.17. The summed E-state index contributed by atoms with van der Waals surface area (Å²) in [5, 5.41) is 13.9. The predicted octanol–water partition coefficient (Wildman–Crippen LogP) is 2.83. The van der Waals surface area contributed by atoms with Gasteiger partial charge in [0.15, 0.2) is 0 Å². The second-order valence-corrected chi connectivity index (χ2v) is 7.36. The van der Waals surface area contributed by atoms with Crippen LogP contribution in [0.1, 0.15) is 11.1 Å². The molecule has 0 fully saturated rings. The lowest BCUT2D eigenvalue weighted by Gasteiger charge is -2.09. The maximum Gasteiger partial charge on any atom is 0.259 e. The van der Waals surface area contributed by atoms with Crippen molar-refractivity contribution in [3.63, 3.8) is 0 Å². The summed E-state index contributed by atoms with van der Waals surface area (Å²) in [7, 11) is 3.14. The molecule has 0 aliphatic rings. The van der Waals surface area contributed by atoms with Gasteiger partial charge in [0.25, 0.3) is 11.8 Å². The molecule has 10 nitrogen and oxygen atoms in total. The fourth-order valence-corrected chi connectivity index (χ4v) is 3.04. The van der Waals surface area contributed by atoms with Crippen LogP contribution in [-0.2, 0) is 9.59 Å². The van der Waals surface area contributed by atoms with Crippen molar-refractivity contribution in [2.24, 2.45) is 10.2 Å². The van der Waals surface area contributed by atoms with Gasteiger partial charge in [-0.3, -0.25) is 9.59 Å². The topological polar surface area (TPSA) is 125 Å². The number of methoxy groups -OCH3 is 2. The predicted molar refractivity (Wildman–Crippen MR) is 141 cm³/mol. The molecule has 0 saturated heterocycles. The van der Waals surface area contributed by atoms with E-state index in [1.807, 2.05) is 72.8 Å². The number of rotatable bonds is 12. The first kappa shape index (κ1) is 25.8. The number of hydrogen-bond donors (Lipinski definition) is 4. The highest BCUT2D eigenvalue weighted by Gasteiger charge is 2.05. The summed E-state index contributed by atoms with van der Waals surface area (Å²) >= 11 is 0. The van der Waals surface area contributed by atoms with Crippen LogP contribution >= 0.6 is 0 Å². The van der Waals surface area contributed by atoms with E-state index in [4.69, 9.17) is 9.47 Å². The van der Waals surface area contributed by atoms with Crippen LogP contribution in [0.3, 0.4) is 0 Å². The highest BCUT2D eigenvalue weighted by molar-refractivity contribution is 5.87. The summed E-state index contributed by atoms with van der Waals surface area (Å²) in [4.78, 5) is 24.0. The number of nitrogens with zero attached hydrogens (tertiary/aromatic N) is 2. The molecule has 36 heavy (non-hydrogen) atoms. The van der Waals surface area contributed by atoms with Crippen LogP contribution in [0.2, 0.25) is 0 Å². The summed E-state index contributed by atoms with van der Waals surface area (Å²) in [5.41, 5.74) is 7.96. The van der Waals surface area contributed by atoms with Crippen LogP contribution in [0.25, 0.3) is 0 Å². The Morgan fingerprint density at radius 1 is 0.667 bits per heavy atom. The zero-order chi connectivity index (χ0) is 25.6. The van der Waals surface area contributed by atoms with E-state index >= 15 is 0 Å². The lowest BCUT2D eigenvalue weighted by molar-refractivity contribution is -0.120. The number of carbonyl (C=O) groups excluding carboxylic acids is 2. The first-order chi connectivity index (χ1) is 17.6. The molecule has 10 heteroatoms. The van der Waals surface area contributed by atoms with E-state index in [1.165, 1.54) is 12.4 Å². The van der Waals surface area contributed by atoms with Crippen LogP contribution in [0.15, 0.2) is 83.0 Å². The largest absolute Gasteiger partial charge is 0.495 e. The Hall–Kier alpha value is -4.86. The molecule has 0 unspecified atom stereocenters. The third-order valence-corrected chi connectivity index (χ3v) is 4.83. The molecule has 0 heterocycles. The first-order valence-corrected chi connectivity index (χ1v) is 11.1. The van der Waals surface area contributed by atoms with Gasteiger partial charge in [0.2, 0.25) is 0 Å². The number of hydrazone groups is 2. The van der Waals surface area contributed by atoms with Crippen molar-refractivity contribution in [2.75, 3.05) is 37.9 Å². The molecule has 4 N–H and O–H groups in total. The van der Waals surface area contributed by atoms with Crippen molar-refractivity contribution in [2.45, 2.75) is 0 Å². The molecule has 3 aromatic rings. The lowest BCUT2D eigenvalue weighted by Crippen LogP contribution is -2.26. The van der Waals surface area contributed by atoms with Gasteiger partial charge in [0.1, 0.15) is 11.5 Å². The van der Waals surface area contributed by atoms with Crippen LogP contribution in [0.4, 0.5) is 11.4 Å². The molecule has 0 bridgehead atoms. The Balaban J connectivity index is 1.39. The third-order valence-electron chi connectivity index (χ3n) is 4.83. The molecule has 0 saturated carbocycles. The number of carbonyl (C=O) groups is 2. The van der Waals surface area contributed by atoms with Gasteiger partial charge in [-0.25, -0.2) is 10.9 Å². The minimum atomic E-state index is -0.295. The summed E-state index contributed by atoms with van der Waals surface area (Å²) in [6.45, 7) is 0.0977. The quantitative estimate of drug-likeness (QED) is 0.230. The molecule has 3 aromatic carbocycles. The van der Waals surface area contributed by atoms with E-state index < -0.39 is 0 Å². The number of benzene rings is 3. The van der Waals surface area contributed by atoms with Gasteiger partial charge in [-0.1, -0.05) is 48.5 Å². The molecule has 0 aromatic heterocycles. The molecule has 0 radical (unpaired) electrons. The minimum absolute atomic E-state index is 0.0489. The zero-order valence-electron chi connectivity index (χ0n) is 20.0. The van der Waals surface area contributed by atoms with Gasteiger partial charge in [0.05, 0.1) is 51.1 Å². The average Bonchev–Trinajstić information content (AvgIpc) is 2.92. The highest BCUT2D eigenvalue weighted by atomic mass is 16.5. The Morgan fingerprint density at radius 2 is 1.06 bits per heavy atom. The number of amides is 2. The fourth-order valence-electron chi connectivity index (χ4n) is 3.04. The molecular weight excluding hydrogens is 460 g/mol. The Bertz CT molecular complexity index is 1120. The zero-order valence-corrected chi connectivity index (χ0v) is 20.0. The normalized spacial score (nSPS) is 10.7. The van der Waals surface area contributed by atoms with E-state index in [9.17, 15) is 9.59 Å². The van der Waals surface area contributed by atoms with Crippen molar-refractivity contribution in [3.05, 3.63) is 83.9 Å². The average molecular weight is 489 g/mol. The molecule has 186 valence electrons.